The van der Waals surface area contributed by atoms with E-state index in [1.807, 2.05) is 91.0 Å². The van der Waals surface area contributed by atoms with Gasteiger partial charge in [-0.2, -0.15) is 13.2 Å². The maximum atomic E-state index is 14.0. The molecule has 0 radical (unpaired) electrons. The van der Waals surface area contributed by atoms with Crippen molar-refractivity contribution in [3.63, 3.8) is 0 Å². The van der Waals surface area contributed by atoms with Gasteiger partial charge in [-0.1, -0.05) is 107 Å². The van der Waals surface area contributed by atoms with Crippen molar-refractivity contribution in [2.45, 2.75) is 53.6 Å². The molecule has 0 unspecified atom stereocenters. The summed E-state index contributed by atoms with van der Waals surface area (Å²) >= 11 is 3.04. The van der Waals surface area contributed by atoms with Gasteiger partial charge >= 0.3 is 6.18 Å². The average molecular weight is 713 g/mol. The second kappa shape index (κ2) is 13.0. The van der Waals surface area contributed by atoms with Crippen LogP contribution in [0.4, 0.5) is 13.2 Å². The molecule has 4 aromatic rings. The minimum absolute atomic E-state index is 0.0000774. The van der Waals surface area contributed by atoms with Gasteiger partial charge in [0.05, 0.1) is 22.3 Å². The van der Waals surface area contributed by atoms with E-state index in [9.17, 15) is 26.4 Å². The summed E-state index contributed by atoms with van der Waals surface area (Å²) < 4.78 is 77.1. The van der Waals surface area contributed by atoms with Crippen LogP contribution in [0.25, 0.3) is 0 Å². The molecule has 4 aromatic carbocycles. The number of carbonyl (C=O) groups excluding carboxylic acids is 1. The Morgan fingerprint density at radius 1 is 0.804 bits per heavy atom. The molecule has 6 rings (SSSR count). The van der Waals surface area contributed by atoms with Crippen LogP contribution in [0, 0.1) is 11.8 Å². The Morgan fingerprint density at radius 2 is 1.33 bits per heavy atom. The van der Waals surface area contributed by atoms with E-state index < -0.39 is 49.2 Å². The summed E-state index contributed by atoms with van der Waals surface area (Å²) in [5.41, 5.74) is 0.208. The maximum Gasteiger partial charge on any atom is 0.417 e. The molecule has 0 aromatic heterocycles. The van der Waals surface area contributed by atoms with Gasteiger partial charge in [0, 0.05) is 16.4 Å². The van der Waals surface area contributed by atoms with Crippen LogP contribution in [-0.2, 0) is 31.1 Å². The van der Waals surface area contributed by atoms with Crippen molar-refractivity contribution in [2.24, 2.45) is 11.8 Å². The molecule has 2 aliphatic carbocycles. The maximum absolute atomic E-state index is 14.0. The SMILES string of the molecule is O=C(NC1CC1)[C@@H]1C[C@@H](S(=O)(=O)c2ccc(Br)cc2C(F)(F)F)C[C@H]1COC(c1ccccc1)(c1ccccc1)c1ccccc1. The summed E-state index contributed by atoms with van der Waals surface area (Å²) in [4.78, 5) is 12.8. The predicted octanol–water partition coefficient (Wildman–Crippen LogP) is 7.92. The summed E-state index contributed by atoms with van der Waals surface area (Å²) in [7, 11) is -4.47. The second-order valence-electron chi connectivity index (χ2n) is 12.0. The number of benzene rings is 4. The molecular weight excluding hydrogens is 679 g/mol. The van der Waals surface area contributed by atoms with Gasteiger partial charge in [0.25, 0.3) is 0 Å². The van der Waals surface area contributed by atoms with Gasteiger partial charge in [0.1, 0.15) is 5.60 Å². The molecule has 5 nitrogen and oxygen atoms in total. The molecule has 2 fully saturated rings. The van der Waals surface area contributed by atoms with Crippen LogP contribution in [-0.4, -0.2) is 32.2 Å². The Hall–Kier alpha value is -3.47. The van der Waals surface area contributed by atoms with Crippen molar-refractivity contribution in [3.8, 4) is 0 Å². The lowest BCUT2D eigenvalue weighted by molar-refractivity contribution is -0.140. The molecule has 46 heavy (non-hydrogen) atoms. The number of alkyl halides is 3. The fourth-order valence-corrected chi connectivity index (χ4v) is 8.94. The molecule has 2 saturated carbocycles. The molecule has 0 heterocycles. The molecule has 10 heteroatoms. The first-order valence-electron chi connectivity index (χ1n) is 15.2. The van der Waals surface area contributed by atoms with Crippen LogP contribution in [0.1, 0.15) is 47.9 Å². The molecule has 1 N–H and O–H groups in total. The van der Waals surface area contributed by atoms with E-state index in [1.54, 1.807) is 0 Å². The summed E-state index contributed by atoms with van der Waals surface area (Å²) in [5.74, 6) is -1.62. The van der Waals surface area contributed by atoms with Crippen LogP contribution in [0.3, 0.4) is 0 Å². The van der Waals surface area contributed by atoms with Gasteiger partial charge in [-0.3, -0.25) is 4.79 Å². The average Bonchev–Trinajstić information content (AvgIpc) is 3.76. The monoisotopic (exact) mass is 711 g/mol. The first-order valence-corrected chi connectivity index (χ1v) is 17.6. The molecule has 2 aliphatic rings. The number of halogens is 4. The zero-order valence-corrected chi connectivity index (χ0v) is 27.2. The third-order valence-corrected chi connectivity index (χ3v) is 11.7. The minimum Gasteiger partial charge on any atom is -0.361 e. The molecule has 1 amide bonds. The third-order valence-electron chi connectivity index (χ3n) is 8.96. The highest BCUT2D eigenvalue weighted by Crippen LogP contribution is 2.46. The lowest BCUT2D eigenvalue weighted by Crippen LogP contribution is -2.38. The van der Waals surface area contributed by atoms with Crippen molar-refractivity contribution in [1.82, 2.24) is 5.32 Å². The van der Waals surface area contributed by atoms with Crippen molar-refractivity contribution in [2.75, 3.05) is 6.61 Å². The van der Waals surface area contributed by atoms with E-state index in [-0.39, 0.29) is 35.9 Å². The summed E-state index contributed by atoms with van der Waals surface area (Å²) in [6, 6.07) is 32.1. The predicted molar refractivity (Wildman–Crippen MR) is 173 cm³/mol. The van der Waals surface area contributed by atoms with Gasteiger partial charge in [0.2, 0.25) is 5.91 Å². The number of sulfone groups is 1. The van der Waals surface area contributed by atoms with Crippen LogP contribution in [0.2, 0.25) is 0 Å². The van der Waals surface area contributed by atoms with E-state index in [4.69, 9.17) is 4.74 Å². The zero-order valence-electron chi connectivity index (χ0n) is 24.8. The van der Waals surface area contributed by atoms with Crippen LogP contribution in [0.15, 0.2) is 119 Å². The molecule has 0 saturated heterocycles. The van der Waals surface area contributed by atoms with Gasteiger partial charge in [-0.15, -0.1) is 0 Å². The Balaban J connectivity index is 1.39. The van der Waals surface area contributed by atoms with Crippen LogP contribution in [0.5, 0.6) is 0 Å². The molecular formula is C36H33BrF3NO4S. The number of hydrogen-bond acceptors (Lipinski definition) is 4. The Bertz CT molecular complexity index is 1690. The molecule has 3 atom stereocenters. The number of carbonyl (C=O) groups is 1. The number of nitrogens with one attached hydrogen (secondary N) is 1. The summed E-state index contributed by atoms with van der Waals surface area (Å²) in [6.07, 6.45) is -3.32. The van der Waals surface area contributed by atoms with E-state index in [0.29, 0.717) is 0 Å². The van der Waals surface area contributed by atoms with E-state index in [2.05, 4.69) is 21.2 Å². The molecule has 240 valence electrons. The first kappa shape index (κ1) is 32.5. The summed E-state index contributed by atoms with van der Waals surface area (Å²) in [6.45, 7) is -0.0000774. The highest BCUT2D eigenvalue weighted by atomic mass is 79.9. The smallest absolute Gasteiger partial charge is 0.361 e. The van der Waals surface area contributed by atoms with Crippen molar-refractivity contribution >= 4 is 31.7 Å². The highest BCUT2D eigenvalue weighted by molar-refractivity contribution is 9.10. The zero-order chi connectivity index (χ0) is 32.5. The number of ether oxygens (including phenoxy) is 1. The molecule has 0 aliphatic heterocycles. The normalized spacial score (nSPS) is 20.4. The van der Waals surface area contributed by atoms with Crippen molar-refractivity contribution < 1.29 is 31.1 Å². The third kappa shape index (κ3) is 6.52. The van der Waals surface area contributed by atoms with E-state index in [1.165, 1.54) is 6.07 Å². The number of rotatable bonds is 10. The highest BCUT2D eigenvalue weighted by Gasteiger charge is 2.49. The quantitative estimate of drug-likeness (QED) is 0.170. The second-order valence-corrected chi connectivity index (χ2v) is 15.1. The molecule has 0 bridgehead atoms. The fourth-order valence-electron chi connectivity index (χ4n) is 6.52. The van der Waals surface area contributed by atoms with Gasteiger partial charge in [-0.05, 0) is 66.5 Å². The Labute approximate surface area is 275 Å². The van der Waals surface area contributed by atoms with Crippen LogP contribution >= 0.6 is 15.9 Å². The largest absolute Gasteiger partial charge is 0.417 e. The van der Waals surface area contributed by atoms with Crippen molar-refractivity contribution in [3.05, 3.63) is 136 Å². The molecule has 0 spiro atoms. The Morgan fingerprint density at radius 3 is 1.80 bits per heavy atom. The standard InChI is InChI=1S/C36H33BrF3NO4S/c37-28-16-19-33(32(21-28)36(38,39)40)46(43,44)30-20-24(31(22-30)34(42)41-29-17-18-29)23-45-35(25-10-4-1-5-11-25,26-12-6-2-7-13-26)27-14-8-3-9-15-27/h1-16,19,21,24,29-31H,17-18,20,22-23H2,(H,41,42)/t24-,30-,31+/m0/s1. The van der Waals surface area contributed by atoms with Crippen LogP contribution < -0.4 is 5.32 Å². The van der Waals surface area contributed by atoms with Crippen molar-refractivity contribution in [1.29, 1.82) is 0 Å². The summed E-state index contributed by atoms with van der Waals surface area (Å²) in [5, 5.41) is 1.80. The van der Waals surface area contributed by atoms with E-state index in [0.717, 1.165) is 41.7 Å². The first-order chi connectivity index (χ1) is 22.0. The van der Waals surface area contributed by atoms with Gasteiger partial charge < -0.3 is 10.1 Å². The van der Waals surface area contributed by atoms with Gasteiger partial charge in [-0.25, -0.2) is 8.42 Å². The number of hydrogen-bond donors (Lipinski definition) is 1. The fraction of sp³-hybridized carbons (Fsp3) is 0.306. The lowest BCUT2D eigenvalue weighted by Gasteiger charge is -2.37. The minimum atomic E-state index is -4.88. The van der Waals surface area contributed by atoms with E-state index >= 15 is 0 Å². The number of amides is 1. The Kier molecular flexibility index (Phi) is 9.15. The topological polar surface area (TPSA) is 72.5 Å². The van der Waals surface area contributed by atoms with Gasteiger partial charge in [0.15, 0.2) is 9.84 Å². The lowest BCUT2D eigenvalue weighted by atomic mass is 9.80.